The van der Waals surface area contributed by atoms with E-state index in [0.29, 0.717) is 25.4 Å². The molecule has 0 aliphatic rings. The lowest BCUT2D eigenvalue weighted by molar-refractivity contribution is 0.0946. The molecule has 3 N–H and O–H groups in total. The highest BCUT2D eigenvalue weighted by Gasteiger charge is 2.11. The number of hydrogen-bond donors (Lipinski definition) is 2. The SMILES string of the molecule is CCOc1cc(C)ccc1CNC(=O)c1csc(CN)n1.Cl. The van der Waals surface area contributed by atoms with Crippen LogP contribution < -0.4 is 15.8 Å². The molecule has 0 fully saturated rings. The third kappa shape index (κ3) is 4.69. The minimum Gasteiger partial charge on any atom is -0.494 e. The van der Waals surface area contributed by atoms with E-state index >= 15 is 0 Å². The lowest BCUT2D eigenvalue weighted by atomic mass is 10.1. The van der Waals surface area contributed by atoms with Crippen LogP contribution in [0.5, 0.6) is 5.75 Å². The normalized spacial score (nSPS) is 9.95. The molecule has 120 valence electrons. The van der Waals surface area contributed by atoms with E-state index in [1.807, 2.05) is 32.0 Å². The number of ether oxygens (including phenoxy) is 1. The number of nitrogens with zero attached hydrogens (tertiary/aromatic N) is 1. The Hall–Kier alpha value is -1.63. The van der Waals surface area contributed by atoms with E-state index in [1.54, 1.807) is 5.38 Å². The van der Waals surface area contributed by atoms with Crippen LogP contribution in [0, 0.1) is 6.92 Å². The number of nitrogens with two attached hydrogens (primary N) is 1. The van der Waals surface area contributed by atoms with Crippen LogP contribution in [0.25, 0.3) is 0 Å². The van der Waals surface area contributed by atoms with Gasteiger partial charge in [-0.15, -0.1) is 23.7 Å². The lowest BCUT2D eigenvalue weighted by Crippen LogP contribution is -2.23. The Morgan fingerprint density at radius 3 is 2.86 bits per heavy atom. The predicted octanol–water partition coefficient (Wildman–Crippen LogP) is 2.66. The smallest absolute Gasteiger partial charge is 0.271 e. The molecule has 7 heteroatoms. The van der Waals surface area contributed by atoms with Gasteiger partial charge in [-0.05, 0) is 25.5 Å². The molecule has 0 radical (unpaired) electrons. The van der Waals surface area contributed by atoms with Crippen molar-refractivity contribution in [2.75, 3.05) is 6.61 Å². The van der Waals surface area contributed by atoms with Crippen LogP contribution in [0.4, 0.5) is 0 Å². The van der Waals surface area contributed by atoms with Gasteiger partial charge in [-0.3, -0.25) is 4.79 Å². The van der Waals surface area contributed by atoms with E-state index in [4.69, 9.17) is 10.5 Å². The van der Waals surface area contributed by atoms with Crippen molar-refractivity contribution in [3.8, 4) is 5.75 Å². The molecule has 0 atom stereocenters. The second-order valence-corrected chi connectivity index (χ2v) is 5.50. The van der Waals surface area contributed by atoms with Gasteiger partial charge in [0.05, 0.1) is 6.61 Å². The van der Waals surface area contributed by atoms with Crippen molar-refractivity contribution in [2.45, 2.75) is 26.9 Å². The fourth-order valence-electron chi connectivity index (χ4n) is 1.87. The number of aromatic nitrogens is 1. The first kappa shape index (κ1) is 18.4. The van der Waals surface area contributed by atoms with Crippen LogP contribution in [-0.4, -0.2) is 17.5 Å². The number of aryl methyl sites for hydroxylation is 1. The number of amides is 1. The molecular formula is C15H20ClN3O2S. The number of halogens is 1. The number of nitrogens with one attached hydrogen (secondary N) is 1. The molecule has 0 spiro atoms. The van der Waals surface area contributed by atoms with Gasteiger partial charge in [-0.25, -0.2) is 4.98 Å². The van der Waals surface area contributed by atoms with E-state index in [-0.39, 0.29) is 18.3 Å². The molecule has 22 heavy (non-hydrogen) atoms. The van der Waals surface area contributed by atoms with Gasteiger partial charge in [0.25, 0.3) is 5.91 Å². The first-order valence-corrected chi connectivity index (χ1v) is 7.67. The first-order valence-electron chi connectivity index (χ1n) is 6.79. The summed E-state index contributed by atoms with van der Waals surface area (Å²) in [6.45, 7) is 5.30. The minimum absolute atomic E-state index is 0. The molecule has 0 saturated carbocycles. The molecule has 1 amide bonds. The van der Waals surface area contributed by atoms with E-state index < -0.39 is 0 Å². The third-order valence-electron chi connectivity index (χ3n) is 2.92. The molecule has 2 aromatic rings. The molecular weight excluding hydrogens is 322 g/mol. The topological polar surface area (TPSA) is 77.2 Å². The van der Waals surface area contributed by atoms with Crippen LogP contribution in [0.1, 0.15) is 33.5 Å². The monoisotopic (exact) mass is 341 g/mol. The highest BCUT2D eigenvalue weighted by atomic mass is 35.5. The van der Waals surface area contributed by atoms with Crippen LogP contribution in [-0.2, 0) is 13.1 Å². The fourth-order valence-corrected chi connectivity index (χ4v) is 2.53. The van der Waals surface area contributed by atoms with Crippen molar-refractivity contribution >= 4 is 29.7 Å². The van der Waals surface area contributed by atoms with E-state index in [9.17, 15) is 4.79 Å². The van der Waals surface area contributed by atoms with Crippen LogP contribution >= 0.6 is 23.7 Å². The standard InChI is InChI=1S/C15H19N3O2S.ClH/c1-3-20-13-6-10(2)4-5-11(13)8-17-15(19)12-9-21-14(7-16)18-12;/h4-6,9H,3,7-8,16H2,1-2H3,(H,17,19);1H. The Balaban J connectivity index is 0.00000242. The second kappa shape index (κ2) is 8.73. The highest BCUT2D eigenvalue weighted by Crippen LogP contribution is 2.20. The Kier molecular flexibility index (Phi) is 7.31. The summed E-state index contributed by atoms with van der Waals surface area (Å²) in [6, 6.07) is 5.94. The lowest BCUT2D eigenvalue weighted by Gasteiger charge is -2.11. The maximum absolute atomic E-state index is 12.0. The van der Waals surface area contributed by atoms with Crippen molar-refractivity contribution in [3.63, 3.8) is 0 Å². The number of rotatable bonds is 6. The third-order valence-corrected chi connectivity index (χ3v) is 3.79. The van der Waals surface area contributed by atoms with Gasteiger partial charge in [0.2, 0.25) is 0 Å². The van der Waals surface area contributed by atoms with Gasteiger partial charge in [-0.1, -0.05) is 12.1 Å². The van der Waals surface area contributed by atoms with Crippen molar-refractivity contribution in [3.05, 3.63) is 45.4 Å². The number of thiazole rings is 1. The second-order valence-electron chi connectivity index (χ2n) is 4.56. The summed E-state index contributed by atoms with van der Waals surface area (Å²) >= 11 is 1.39. The summed E-state index contributed by atoms with van der Waals surface area (Å²) in [5.74, 6) is 0.604. The molecule has 5 nitrogen and oxygen atoms in total. The predicted molar refractivity (Wildman–Crippen MR) is 90.8 cm³/mol. The zero-order chi connectivity index (χ0) is 15.2. The maximum Gasteiger partial charge on any atom is 0.271 e. The van der Waals surface area contributed by atoms with Gasteiger partial charge < -0.3 is 15.8 Å². The molecule has 0 aliphatic heterocycles. The van der Waals surface area contributed by atoms with Gasteiger partial charge >= 0.3 is 0 Å². The number of hydrogen-bond acceptors (Lipinski definition) is 5. The molecule has 2 rings (SSSR count). The summed E-state index contributed by atoms with van der Waals surface area (Å²) in [6.07, 6.45) is 0. The Labute approximate surface area is 140 Å². The van der Waals surface area contributed by atoms with Crippen LogP contribution in [0.2, 0.25) is 0 Å². The first-order chi connectivity index (χ1) is 10.1. The van der Waals surface area contributed by atoms with E-state index in [2.05, 4.69) is 10.3 Å². The Morgan fingerprint density at radius 1 is 1.45 bits per heavy atom. The van der Waals surface area contributed by atoms with Crippen molar-refractivity contribution in [1.82, 2.24) is 10.3 Å². The summed E-state index contributed by atoms with van der Waals surface area (Å²) in [4.78, 5) is 16.2. The summed E-state index contributed by atoms with van der Waals surface area (Å²) in [5, 5.41) is 5.33. The van der Waals surface area contributed by atoms with Crippen LogP contribution in [0.3, 0.4) is 0 Å². The zero-order valence-corrected chi connectivity index (χ0v) is 14.2. The van der Waals surface area contributed by atoms with Gasteiger partial charge in [0.1, 0.15) is 16.5 Å². The highest BCUT2D eigenvalue weighted by molar-refractivity contribution is 7.09. The molecule has 1 aromatic carbocycles. The summed E-state index contributed by atoms with van der Waals surface area (Å²) in [5.41, 5.74) is 7.98. The van der Waals surface area contributed by atoms with Gasteiger partial charge in [0, 0.05) is 24.0 Å². The number of benzene rings is 1. The fraction of sp³-hybridized carbons (Fsp3) is 0.333. The molecule has 0 saturated heterocycles. The molecule has 0 unspecified atom stereocenters. The largest absolute Gasteiger partial charge is 0.494 e. The van der Waals surface area contributed by atoms with E-state index in [1.165, 1.54) is 11.3 Å². The molecule has 1 aromatic heterocycles. The van der Waals surface area contributed by atoms with Crippen molar-refractivity contribution < 1.29 is 9.53 Å². The zero-order valence-electron chi connectivity index (χ0n) is 12.6. The number of carbonyl (C=O) groups excluding carboxylic acids is 1. The molecule has 1 heterocycles. The minimum atomic E-state index is -0.200. The van der Waals surface area contributed by atoms with Crippen LogP contribution in [0.15, 0.2) is 23.6 Å². The molecule has 0 aliphatic carbocycles. The van der Waals surface area contributed by atoms with Crippen molar-refractivity contribution in [2.24, 2.45) is 5.73 Å². The van der Waals surface area contributed by atoms with Crippen molar-refractivity contribution in [1.29, 1.82) is 0 Å². The average molecular weight is 342 g/mol. The Bertz CT molecular complexity index is 631. The average Bonchev–Trinajstić information content (AvgIpc) is 2.95. The summed E-state index contributed by atoms with van der Waals surface area (Å²) < 4.78 is 5.60. The summed E-state index contributed by atoms with van der Waals surface area (Å²) in [7, 11) is 0. The molecule has 0 bridgehead atoms. The van der Waals surface area contributed by atoms with Gasteiger partial charge in [0.15, 0.2) is 0 Å². The van der Waals surface area contributed by atoms with Gasteiger partial charge in [-0.2, -0.15) is 0 Å². The number of carbonyl (C=O) groups is 1. The Morgan fingerprint density at radius 2 is 2.23 bits per heavy atom. The maximum atomic E-state index is 12.0. The van der Waals surface area contributed by atoms with E-state index in [0.717, 1.165) is 21.9 Å². The quantitative estimate of drug-likeness (QED) is 0.846.